The van der Waals surface area contributed by atoms with E-state index in [1.807, 2.05) is 0 Å². The first kappa shape index (κ1) is 11.5. The second-order valence-corrected chi connectivity index (χ2v) is 2.98. The van der Waals surface area contributed by atoms with E-state index in [-0.39, 0.29) is 11.5 Å². The molecular weight excluding hydrogens is 229 g/mol. The molecule has 1 rings (SSSR count). The van der Waals surface area contributed by atoms with Crippen LogP contribution in [-0.2, 0) is 0 Å². The van der Waals surface area contributed by atoms with Crippen molar-refractivity contribution >= 4 is 36.0 Å². The van der Waals surface area contributed by atoms with Crippen LogP contribution in [0.3, 0.4) is 0 Å². The van der Waals surface area contributed by atoms with Gasteiger partial charge in [-0.3, -0.25) is 0 Å². The zero-order valence-electron chi connectivity index (χ0n) is 6.89. The Labute approximate surface area is 91.5 Å². The van der Waals surface area contributed by atoms with E-state index in [0.717, 1.165) is 0 Å². The summed E-state index contributed by atoms with van der Waals surface area (Å²) in [6, 6.07) is 6.22. The summed E-state index contributed by atoms with van der Waals surface area (Å²) >= 11 is 10.3. The van der Waals surface area contributed by atoms with Gasteiger partial charge < -0.3 is 19.4 Å². The predicted octanol–water partition coefficient (Wildman–Crippen LogP) is 0.244. The standard InChI is InChI=1S/C6H5B2Cl2O4/c9-7(11)13-5-3-1-2-4-6(5)14-8(10)12/h1-4,11H/q-1. The molecule has 4 nitrogen and oxygen atoms in total. The van der Waals surface area contributed by atoms with E-state index >= 15 is 0 Å². The summed E-state index contributed by atoms with van der Waals surface area (Å²) in [6.45, 7) is -3.23. The van der Waals surface area contributed by atoms with E-state index in [2.05, 4.69) is 4.65 Å². The quantitative estimate of drug-likeness (QED) is 0.757. The van der Waals surface area contributed by atoms with E-state index in [9.17, 15) is 5.02 Å². The van der Waals surface area contributed by atoms with Crippen molar-refractivity contribution in [2.75, 3.05) is 0 Å². The van der Waals surface area contributed by atoms with Crippen LogP contribution >= 0.6 is 22.9 Å². The highest BCUT2D eigenvalue weighted by Gasteiger charge is 2.14. The average molecular weight is 234 g/mol. The van der Waals surface area contributed by atoms with Crippen molar-refractivity contribution in [2.24, 2.45) is 0 Å². The first-order chi connectivity index (χ1) is 6.59. The second kappa shape index (κ2) is 5.36. The van der Waals surface area contributed by atoms with Gasteiger partial charge in [0.1, 0.15) is 11.5 Å². The molecule has 0 bridgehead atoms. The van der Waals surface area contributed by atoms with Crippen LogP contribution in [0, 0.1) is 0 Å². The molecule has 1 aromatic rings. The number of halogens is 2. The highest BCUT2D eigenvalue weighted by atomic mass is 35.5. The van der Waals surface area contributed by atoms with Gasteiger partial charge in [0.2, 0.25) is 0 Å². The maximum absolute atomic E-state index is 10.5. The SMILES string of the molecule is [O-]B(Cl)Oc1ccccc1OB(O)Cl. The third-order valence-corrected chi connectivity index (χ3v) is 1.47. The van der Waals surface area contributed by atoms with Crippen LogP contribution in [0.4, 0.5) is 0 Å². The van der Waals surface area contributed by atoms with Gasteiger partial charge in [-0.25, -0.2) is 0 Å². The van der Waals surface area contributed by atoms with Gasteiger partial charge in [-0.15, -0.1) is 11.5 Å². The third-order valence-electron chi connectivity index (χ3n) is 1.29. The topological polar surface area (TPSA) is 61.8 Å². The largest absolute Gasteiger partial charge is 0.832 e. The van der Waals surface area contributed by atoms with E-state index < -0.39 is 13.1 Å². The highest BCUT2D eigenvalue weighted by Crippen LogP contribution is 2.27. The Bertz CT molecular complexity index is 268. The van der Waals surface area contributed by atoms with Crippen molar-refractivity contribution < 1.29 is 19.4 Å². The lowest BCUT2D eigenvalue weighted by atomic mass is 10.2. The van der Waals surface area contributed by atoms with Gasteiger partial charge in [0.05, 0.1) is 0 Å². The van der Waals surface area contributed by atoms with Crippen LogP contribution < -0.4 is 14.3 Å². The zero-order valence-corrected chi connectivity index (χ0v) is 8.40. The molecule has 0 aliphatic carbocycles. The van der Waals surface area contributed by atoms with E-state index in [4.69, 9.17) is 32.6 Å². The fourth-order valence-electron chi connectivity index (χ4n) is 0.849. The molecule has 0 spiro atoms. The number of rotatable bonds is 4. The van der Waals surface area contributed by atoms with Crippen LogP contribution in [0.25, 0.3) is 0 Å². The van der Waals surface area contributed by atoms with Crippen LogP contribution in [0.5, 0.6) is 11.5 Å². The molecule has 0 saturated heterocycles. The highest BCUT2D eigenvalue weighted by molar-refractivity contribution is 6.99. The Kier molecular flexibility index (Phi) is 4.41. The van der Waals surface area contributed by atoms with E-state index in [1.165, 1.54) is 12.1 Å². The lowest BCUT2D eigenvalue weighted by Crippen LogP contribution is -2.31. The van der Waals surface area contributed by atoms with Gasteiger partial charge in [0.15, 0.2) is 0 Å². The summed E-state index contributed by atoms with van der Waals surface area (Å²) in [5, 5.41) is 19.3. The summed E-state index contributed by atoms with van der Waals surface area (Å²) in [6.07, 6.45) is 0. The van der Waals surface area contributed by atoms with E-state index in [1.54, 1.807) is 12.1 Å². The minimum atomic E-state index is -1.73. The summed E-state index contributed by atoms with van der Waals surface area (Å²) in [4.78, 5) is 0. The fourth-order valence-corrected chi connectivity index (χ4v) is 1.04. The number of hydrogen-bond acceptors (Lipinski definition) is 4. The predicted molar refractivity (Wildman–Crippen MR) is 53.1 cm³/mol. The van der Waals surface area contributed by atoms with Crippen molar-refractivity contribution in [3.63, 3.8) is 0 Å². The molecule has 8 heteroatoms. The minimum absolute atomic E-state index is 0.127. The molecule has 0 aromatic heterocycles. The van der Waals surface area contributed by atoms with E-state index in [0.29, 0.717) is 0 Å². The molecule has 0 aliphatic heterocycles. The van der Waals surface area contributed by atoms with Gasteiger partial charge in [-0.05, 0) is 12.1 Å². The van der Waals surface area contributed by atoms with Crippen LogP contribution in [0.15, 0.2) is 24.3 Å². The third kappa shape index (κ3) is 3.67. The Hall–Kier alpha value is -0.550. The van der Waals surface area contributed by atoms with Crippen LogP contribution in [0.2, 0.25) is 0 Å². The molecule has 0 fully saturated rings. The van der Waals surface area contributed by atoms with Gasteiger partial charge in [0.25, 0.3) is 0 Å². The maximum Gasteiger partial charge on any atom is 0.639 e. The summed E-state index contributed by atoms with van der Waals surface area (Å²) < 4.78 is 9.41. The first-order valence-electron chi connectivity index (χ1n) is 3.64. The summed E-state index contributed by atoms with van der Waals surface area (Å²) in [7, 11) is 0. The second-order valence-electron chi connectivity index (χ2n) is 2.25. The molecule has 0 aliphatic rings. The minimum Gasteiger partial charge on any atom is -0.832 e. The Balaban J connectivity index is 2.80. The molecule has 0 saturated carbocycles. The summed E-state index contributed by atoms with van der Waals surface area (Å²) in [5.74, 6) is 0.277. The Morgan fingerprint density at radius 1 is 1.14 bits per heavy atom. The number of hydrogen-bond donors (Lipinski definition) is 1. The molecule has 0 heterocycles. The Morgan fingerprint density at radius 3 is 2.07 bits per heavy atom. The molecule has 0 unspecified atom stereocenters. The van der Waals surface area contributed by atoms with Crippen molar-refractivity contribution in [3.05, 3.63) is 24.3 Å². The van der Waals surface area contributed by atoms with Gasteiger partial charge in [-0.2, -0.15) is 11.5 Å². The molecule has 0 atom stereocenters. The van der Waals surface area contributed by atoms with Crippen molar-refractivity contribution in [2.45, 2.75) is 0 Å². The first-order valence-corrected chi connectivity index (χ1v) is 4.51. The average Bonchev–Trinajstić information content (AvgIpc) is 2.06. The lowest BCUT2D eigenvalue weighted by Gasteiger charge is -2.17. The molecule has 0 amide bonds. The number of para-hydroxylation sites is 2. The molecule has 1 aromatic carbocycles. The normalized spacial score (nSPS) is 9.43. The van der Waals surface area contributed by atoms with Gasteiger partial charge in [0, 0.05) is 0 Å². The van der Waals surface area contributed by atoms with Crippen molar-refractivity contribution in [3.8, 4) is 11.5 Å². The molecular formula is C6H5B2Cl2O4-. The van der Waals surface area contributed by atoms with Crippen molar-refractivity contribution in [1.29, 1.82) is 0 Å². The van der Waals surface area contributed by atoms with Crippen molar-refractivity contribution in [1.82, 2.24) is 0 Å². The van der Waals surface area contributed by atoms with Gasteiger partial charge in [-0.1, -0.05) is 12.1 Å². The monoisotopic (exact) mass is 233 g/mol. The Morgan fingerprint density at radius 2 is 1.64 bits per heavy atom. The summed E-state index contributed by atoms with van der Waals surface area (Å²) in [5.41, 5.74) is 0. The fraction of sp³-hybridized carbons (Fsp3) is 0. The van der Waals surface area contributed by atoms with Crippen LogP contribution in [-0.4, -0.2) is 18.1 Å². The van der Waals surface area contributed by atoms with Gasteiger partial charge >= 0.3 is 13.1 Å². The molecule has 74 valence electrons. The molecule has 1 N–H and O–H groups in total. The van der Waals surface area contributed by atoms with Crippen LogP contribution in [0.1, 0.15) is 0 Å². The zero-order chi connectivity index (χ0) is 10.6. The lowest BCUT2D eigenvalue weighted by molar-refractivity contribution is -0.204. The smallest absolute Gasteiger partial charge is 0.639 e. The maximum atomic E-state index is 10.5. The number of benzene rings is 1. The molecule has 14 heavy (non-hydrogen) atoms. The molecule has 0 radical (unpaired) electrons.